The summed E-state index contributed by atoms with van der Waals surface area (Å²) in [5.74, 6) is 1.92. The molecule has 0 spiro atoms. The fourth-order valence-corrected chi connectivity index (χ4v) is 5.31. The first kappa shape index (κ1) is 36.3. The summed E-state index contributed by atoms with van der Waals surface area (Å²) in [6.45, 7) is 20.5. The van der Waals surface area contributed by atoms with Crippen LogP contribution in [0.15, 0.2) is 97.5 Å². The number of aromatic nitrogens is 1. The molecule has 0 saturated carbocycles. The Balaban J connectivity index is 0.000000386. The number of para-hydroxylation sites is 2. The third-order valence-corrected chi connectivity index (χ3v) is 7.49. The number of hydrogen-bond donors (Lipinski definition) is 0. The first-order valence-corrected chi connectivity index (χ1v) is 14.9. The molecule has 230 valence electrons. The average molecular weight is 686 g/mol. The van der Waals surface area contributed by atoms with Crippen molar-refractivity contribution in [1.82, 2.24) is 4.98 Å². The topological polar surface area (TPSA) is 19.4 Å². The zero-order valence-corrected chi connectivity index (χ0v) is 29.0. The Kier molecular flexibility index (Phi) is 14.2. The van der Waals surface area contributed by atoms with Crippen molar-refractivity contribution in [1.29, 1.82) is 0 Å². The number of rotatable bonds is 7. The zero-order valence-electron chi connectivity index (χ0n) is 26.7. The Hall–Kier alpha value is -2.90. The van der Waals surface area contributed by atoms with E-state index >= 15 is 0 Å². The molecule has 0 N–H and O–H groups in total. The van der Waals surface area contributed by atoms with E-state index < -0.39 is 0 Å². The van der Waals surface area contributed by atoms with Gasteiger partial charge in [0.15, 0.2) is 0 Å². The van der Waals surface area contributed by atoms with Crippen LogP contribution in [0.4, 0.5) is 11.4 Å². The fraction of sp³-hybridized carbons (Fsp3) is 0.316. The molecule has 0 fully saturated rings. The second-order valence-electron chi connectivity index (χ2n) is 11.9. The van der Waals surface area contributed by atoms with Gasteiger partial charge in [-0.2, -0.15) is 0 Å². The fourth-order valence-electron chi connectivity index (χ4n) is 5.31. The van der Waals surface area contributed by atoms with Crippen LogP contribution in [0.2, 0.25) is 0 Å². The van der Waals surface area contributed by atoms with E-state index in [9.17, 15) is 0 Å². The second kappa shape index (κ2) is 16.8. The molecule has 0 unspecified atom stereocenters. The van der Waals surface area contributed by atoms with Crippen molar-refractivity contribution in [2.75, 3.05) is 9.80 Å². The molecule has 0 bridgehead atoms. The minimum Gasteiger partial charge on any atom is -1.00 e. The summed E-state index contributed by atoms with van der Waals surface area (Å²) in [5.41, 5.74) is 10.3. The predicted molar refractivity (Wildman–Crippen MR) is 176 cm³/mol. The Morgan fingerprint density at radius 1 is 0.581 bits per heavy atom. The van der Waals surface area contributed by atoms with Gasteiger partial charge in [0.2, 0.25) is 0 Å². The second-order valence-corrected chi connectivity index (χ2v) is 11.9. The van der Waals surface area contributed by atoms with Crippen LogP contribution < -0.4 is 22.2 Å². The summed E-state index contributed by atoms with van der Waals surface area (Å²) in [5, 5.41) is 0. The molecule has 0 atom stereocenters. The zero-order chi connectivity index (χ0) is 29.5. The van der Waals surface area contributed by atoms with Crippen LogP contribution in [0.25, 0.3) is 11.3 Å². The minimum atomic E-state index is 0. The Labute approximate surface area is 280 Å². The van der Waals surface area contributed by atoms with Crippen LogP contribution in [-0.4, -0.2) is 4.98 Å². The van der Waals surface area contributed by atoms with E-state index in [1.807, 2.05) is 42.5 Å². The average Bonchev–Trinajstić information content (AvgIpc) is 3.47. The van der Waals surface area contributed by atoms with E-state index in [0.717, 1.165) is 11.3 Å². The molecule has 1 aliphatic rings. The van der Waals surface area contributed by atoms with Crippen LogP contribution in [-0.2, 0) is 20.4 Å². The molecular weight excluding hydrogens is 640 g/mol. The van der Waals surface area contributed by atoms with Crippen molar-refractivity contribution >= 4 is 11.4 Å². The van der Waals surface area contributed by atoms with E-state index in [4.69, 9.17) is 0 Å². The van der Waals surface area contributed by atoms with Gasteiger partial charge in [-0.15, -0.1) is 42.6 Å². The number of halogens is 1. The van der Waals surface area contributed by atoms with Crippen molar-refractivity contribution in [3.8, 4) is 11.3 Å². The predicted octanol–water partition coefficient (Wildman–Crippen LogP) is 7.65. The van der Waals surface area contributed by atoms with Gasteiger partial charge in [0.25, 0.3) is 0 Å². The molecule has 4 aromatic rings. The maximum absolute atomic E-state index is 4.22. The maximum Gasteiger partial charge on any atom is 2.00 e. The van der Waals surface area contributed by atoms with Crippen molar-refractivity contribution in [2.24, 2.45) is 0 Å². The smallest absolute Gasteiger partial charge is 1.00 e. The molecule has 3 nitrogen and oxygen atoms in total. The Morgan fingerprint density at radius 3 is 1.37 bits per heavy atom. The molecule has 2 heterocycles. The van der Waals surface area contributed by atoms with Crippen LogP contribution in [0, 0.1) is 12.7 Å². The third kappa shape index (κ3) is 8.82. The van der Waals surface area contributed by atoms with Crippen LogP contribution >= 0.6 is 0 Å². The van der Waals surface area contributed by atoms with E-state index in [1.54, 1.807) is 6.20 Å². The molecule has 5 heteroatoms. The largest absolute Gasteiger partial charge is 2.00 e. The van der Waals surface area contributed by atoms with E-state index in [-0.39, 0.29) is 32.8 Å². The Bertz CT molecular complexity index is 1270. The molecule has 43 heavy (non-hydrogen) atoms. The molecule has 0 amide bonds. The molecule has 0 saturated heterocycles. The first-order valence-electron chi connectivity index (χ1n) is 14.9. The molecule has 0 radical (unpaired) electrons. The van der Waals surface area contributed by atoms with Crippen molar-refractivity contribution in [3.63, 3.8) is 0 Å². The number of nitrogens with zero attached hydrogens (tertiary/aromatic N) is 3. The van der Waals surface area contributed by atoms with Gasteiger partial charge in [-0.1, -0.05) is 104 Å². The molecule has 5 rings (SSSR count). The summed E-state index contributed by atoms with van der Waals surface area (Å²) in [7, 11) is 0. The van der Waals surface area contributed by atoms with E-state index in [2.05, 4.69) is 132 Å². The number of hydrogen-bond acceptors (Lipinski definition) is 3. The van der Waals surface area contributed by atoms with Gasteiger partial charge in [-0.3, -0.25) is 0 Å². The van der Waals surface area contributed by atoms with Crippen LogP contribution in [0.5, 0.6) is 0 Å². The molecule has 3 aromatic carbocycles. The van der Waals surface area contributed by atoms with Gasteiger partial charge in [0.05, 0.1) is 0 Å². The van der Waals surface area contributed by atoms with E-state index in [0.29, 0.717) is 23.7 Å². The normalized spacial score (nSPS) is 12.4. The number of benzene rings is 3. The molecule has 1 aromatic heterocycles. The van der Waals surface area contributed by atoms with Crippen molar-refractivity contribution in [2.45, 2.75) is 79.1 Å². The summed E-state index contributed by atoms with van der Waals surface area (Å²) >= 11 is 0. The van der Waals surface area contributed by atoms with Crippen molar-refractivity contribution in [3.05, 3.63) is 132 Å². The first-order chi connectivity index (χ1) is 19.7. The summed E-state index contributed by atoms with van der Waals surface area (Å²) in [6.07, 6.45) is 6.22. The van der Waals surface area contributed by atoms with Gasteiger partial charge in [-0.05, 0) is 70.1 Å². The van der Waals surface area contributed by atoms with E-state index in [1.165, 1.54) is 33.6 Å². The van der Waals surface area contributed by atoms with Gasteiger partial charge in [-0.25, -0.2) is 0 Å². The number of anilines is 2. The van der Waals surface area contributed by atoms with Gasteiger partial charge < -0.3 is 27.2 Å². The third-order valence-electron chi connectivity index (χ3n) is 7.49. The number of pyridine rings is 1. The van der Waals surface area contributed by atoms with Gasteiger partial charge in [0, 0.05) is 17.6 Å². The Morgan fingerprint density at radius 2 is 1.02 bits per heavy atom. The standard InChI is InChI=1S/C27H37N2.C11H8N.ClH.Pd/c1-18(2)22-11-9-12-23(19(3)4)26(22)28-15-16-29(17-28)27-24(20(5)6)13-10-14-25(27)21(7)8;1-2-6-10(7-3-1)11-8-4-5-9-12-11;;/h9-21H,1-8H3;1-6,8-9H;1H;/q2*-1;;+2/p-1. The SMILES string of the molecule is CC(C)c1cccc(C(C)C)c1N1C=CN(c2c(C(C)C)cccc2C(C)C)[CH-]1.[Cl-].[Pd+2].[c-]1ccccc1-c1ccccn1. The van der Waals surface area contributed by atoms with Gasteiger partial charge in [0.1, 0.15) is 0 Å². The quantitative estimate of drug-likeness (QED) is 0.147. The maximum atomic E-state index is 4.22. The minimum absolute atomic E-state index is 0. The van der Waals surface area contributed by atoms with Crippen LogP contribution in [0.3, 0.4) is 0 Å². The van der Waals surface area contributed by atoms with Gasteiger partial charge >= 0.3 is 20.4 Å². The summed E-state index contributed by atoms with van der Waals surface area (Å²) in [6, 6.07) is 30.3. The monoisotopic (exact) mass is 684 g/mol. The summed E-state index contributed by atoms with van der Waals surface area (Å²) in [4.78, 5) is 8.87. The molecule has 1 aliphatic heterocycles. The van der Waals surface area contributed by atoms with Crippen molar-refractivity contribution < 1.29 is 32.8 Å². The molecular formula is C38H45ClN3Pd-. The van der Waals surface area contributed by atoms with Crippen LogP contribution in [0.1, 0.15) is 101 Å². The molecule has 0 aliphatic carbocycles. The summed E-state index contributed by atoms with van der Waals surface area (Å²) < 4.78 is 0.